The number of halogens is 4. The van der Waals surface area contributed by atoms with Gasteiger partial charge >= 0.3 is 6.18 Å². The molecule has 1 amide bonds. The molecule has 3 heterocycles. The van der Waals surface area contributed by atoms with Crippen molar-refractivity contribution < 1.29 is 22.4 Å². The molecule has 0 aliphatic heterocycles. The molecule has 4 aromatic rings. The van der Waals surface area contributed by atoms with Gasteiger partial charge in [-0.15, -0.1) is 0 Å². The van der Waals surface area contributed by atoms with Gasteiger partial charge in [-0.25, -0.2) is 14.1 Å². The third kappa shape index (κ3) is 4.57. The number of alkyl halides is 3. The molecule has 7 nitrogen and oxygen atoms in total. The molecule has 0 radical (unpaired) electrons. The van der Waals surface area contributed by atoms with Gasteiger partial charge < -0.3 is 5.32 Å². The first kappa shape index (κ1) is 24.0. The summed E-state index contributed by atoms with van der Waals surface area (Å²) >= 11 is 0. The number of carbonyl (C=O) groups is 1. The molecule has 1 aromatic carbocycles. The van der Waals surface area contributed by atoms with Crippen molar-refractivity contribution in [1.82, 2.24) is 24.5 Å². The van der Waals surface area contributed by atoms with Crippen molar-refractivity contribution >= 4 is 22.6 Å². The Morgan fingerprint density at radius 3 is 2.47 bits per heavy atom. The number of benzene rings is 1. The molecule has 3 aromatic heterocycles. The van der Waals surface area contributed by atoms with Gasteiger partial charge in [0.1, 0.15) is 12.4 Å². The first-order valence-electron chi connectivity index (χ1n) is 11.5. The number of nitrogens with one attached hydrogen (secondary N) is 1. The Hall–Kier alpha value is -3.76. The number of aryl methyl sites for hydroxylation is 2. The van der Waals surface area contributed by atoms with Crippen LogP contribution >= 0.6 is 0 Å². The Morgan fingerprint density at radius 1 is 1.08 bits per heavy atom. The van der Waals surface area contributed by atoms with E-state index in [-0.39, 0.29) is 35.0 Å². The summed E-state index contributed by atoms with van der Waals surface area (Å²) in [6, 6.07) is 7.28. The van der Waals surface area contributed by atoms with Crippen LogP contribution in [-0.4, -0.2) is 30.5 Å². The maximum absolute atomic E-state index is 13.8. The quantitative estimate of drug-likeness (QED) is 0.366. The number of amides is 1. The summed E-state index contributed by atoms with van der Waals surface area (Å²) in [5.41, 5.74) is 2.25. The lowest BCUT2D eigenvalue weighted by molar-refractivity contribution is -0.136. The predicted octanol–water partition coefficient (Wildman–Crippen LogP) is 5.28. The molecule has 1 saturated carbocycles. The molecule has 36 heavy (non-hydrogen) atoms. The van der Waals surface area contributed by atoms with E-state index in [2.05, 4.69) is 20.5 Å². The van der Waals surface area contributed by atoms with Crippen LogP contribution in [0.2, 0.25) is 0 Å². The lowest BCUT2D eigenvalue weighted by Gasteiger charge is -2.11. The van der Waals surface area contributed by atoms with Gasteiger partial charge in [0, 0.05) is 11.6 Å². The van der Waals surface area contributed by atoms with E-state index in [0.717, 1.165) is 24.5 Å². The van der Waals surface area contributed by atoms with Crippen LogP contribution in [0.4, 0.5) is 23.2 Å². The van der Waals surface area contributed by atoms with Gasteiger partial charge in [-0.05, 0) is 57.4 Å². The lowest BCUT2D eigenvalue weighted by Crippen LogP contribution is -2.21. The Balaban J connectivity index is 1.42. The first-order valence-corrected chi connectivity index (χ1v) is 11.5. The van der Waals surface area contributed by atoms with Gasteiger partial charge in [-0.3, -0.25) is 9.48 Å². The maximum Gasteiger partial charge on any atom is 0.417 e. The van der Waals surface area contributed by atoms with E-state index in [9.17, 15) is 22.4 Å². The monoisotopic (exact) mass is 500 g/mol. The topological polar surface area (TPSA) is 77.6 Å². The minimum atomic E-state index is -4.56. The number of hydrogen-bond acceptors (Lipinski definition) is 4. The van der Waals surface area contributed by atoms with Crippen LogP contribution < -0.4 is 5.32 Å². The first-order chi connectivity index (χ1) is 17.0. The zero-order valence-corrected chi connectivity index (χ0v) is 19.9. The largest absolute Gasteiger partial charge is 0.417 e. The zero-order valence-electron chi connectivity index (χ0n) is 19.9. The molecule has 0 atom stereocenters. The number of carbonyl (C=O) groups excluding carboxylic acids is 1. The molecule has 0 saturated heterocycles. The van der Waals surface area contributed by atoms with E-state index < -0.39 is 17.6 Å². The second kappa shape index (κ2) is 8.72. The average molecular weight is 501 g/mol. The van der Waals surface area contributed by atoms with Crippen molar-refractivity contribution in [3.8, 4) is 0 Å². The van der Waals surface area contributed by atoms with E-state index in [1.807, 2.05) is 0 Å². The normalized spacial score (nSPS) is 14.0. The van der Waals surface area contributed by atoms with E-state index >= 15 is 0 Å². The van der Waals surface area contributed by atoms with E-state index in [0.29, 0.717) is 29.3 Å². The van der Waals surface area contributed by atoms with Crippen molar-refractivity contribution in [2.24, 2.45) is 0 Å². The Morgan fingerprint density at radius 2 is 1.81 bits per heavy atom. The highest BCUT2D eigenvalue weighted by Crippen LogP contribution is 2.43. The number of pyridine rings is 1. The molecule has 0 bridgehead atoms. The Labute approximate surface area is 204 Å². The van der Waals surface area contributed by atoms with E-state index in [1.165, 1.54) is 23.7 Å². The molecule has 0 unspecified atom stereocenters. The highest BCUT2D eigenvalue weighted by Gasteiger charge is 2.37. The van der Waals surface area contributed by atoms with Crippen molar-refractivity contribution in [3.05, 3.63) is 70.1 Å². The van der Waals surface area contributed by atoms with Crippen molar-refractivity contribution in [2.45, 2.75) is 58.8 Å². The van der Waals surface area contributed by atoms with Gasteiger partial charge in [0.15, 0.2) is 5.65 Å². The fourth-order valence-corrected chi connectivity index (χ4v) is 4.45. The molecule has 188 valence electrons. The van der Waals surface area contributed by atoms with Crippen LogP contribution in [0.1, 0.15) is 52.7 Å². The molecule has 1 N–H and O–H groups in total. The summed E-state index contributed by atoms with van der Waals surface area (Å²) in [6.45, 7) is 5.00. The van der Waals surface area contributed by atoms with Gasteiger partial charge in [0.25, 0.3) is 0 Å². The lowest BCUT2D eigenvalue weighted by atomic mass is 10.1. The smallest absolute Gasteiger partial charge is 0.321 e. The summed E-state index contributed by atoms with van der Waals surface area (Å²) < 4.78 is 57.9. The molecule has 11 heteroatoms. The minimum Gasteiger partial charge on any atom is -0.321 e. The van der Waals surface area contributed by atoms with Crippen LogP contribution in [0.3, 0.4) is 0 Å². The number of hydrogen-bond donors (Lipinski definition) is 1. The van der Waals surface area contributed by atoms with Crippen LogP contribution in [-0.2, 0) is 24.1 Å². The fourth-order valence-electron chi connectivity index (χ4n) is 4.45. The van der Waals surface area contributed by atoms with E-state index in [1.54, 1.807) is 30.7 Å². The molecule has 1 aliphatic rings. The summed E-state index contributed by atoms with van der Waals surface area (Å²) in [7, 11) is 0. The number of fused-ring (bicyclic) bond motifs is 1. The van der Waals surface area contributed by atoms with Crippen molar-refractivity contribution in [2.75, 3.05) is 5.32 Å². The number of nitrogens with zero attached hydrogens (tertiary/aromatic N) is 5. The number of aromatic nitrogens is 5. The van der Waals surface area contributed by atoms with Gasteiger partial charge in [-0.1, -0.05) is 12.1 Å². The van der Waals surface area contributed by atoms with Crippen molar-refractivity contribution in [1.29, 1.82) is 0 Å². The third-order valence-electron chi connectivity index (χ3n) is 6.36. The van der Waals surface area contributed by atoms with Crippen LogP contribution in [0.25, 0.3) is 11.0 Å². The molecular weight excluding hydrogens is 476 g/mol. The predicted molar refractivity (Wildman–Crippen MR) is 125 cm³/mol. The van der Waals surface area contributed by atoms with E-state index in [4.69, 9.17) is 0 Å². The van der Waals surface area contributed by atoms with Gasteiger partial charge in [-0.2, -0.15) is 23.4 Å². The highest BCUT2D eigenvalue weighted by molar-refractivity contribution is 5.93. The summed E-state index contributed by atoms with van der Waals surface area (Å²) in [5, 5.41) is 11.4. The number of anilines is 1. The molecule has 1 fully saturated rings. The molecule has 5 rings (SSSR count). The van der Waals surface area contributed by atoms with Crippen LogP contribution in [0.5, 0.6) is 0 Å². The molecular formula is C25H24F4N6O. The SMILES string of the molecule is Cc1nn(Cc2cccc(F)c2)c(C)c1NC(=O)Cn1nc(C)c2c(C(F)(F)F)cc(C3CC3)nc21. The van der Waals surface area contributed by atoms with Crippen LogP contribution in [0, 0.1) is 26.6 Å². The molecule has 1 aliphatic carbocycles. The summed E-state index contributed by atoms with van der Waals surface area (Å²) in [5.74, 6) is -0.818. The van der Waals surface area contributed by atoms with Crippen molar-refractivity contribution in [3.63, 3.8) is 0 Å². The molecule has 0 spiro atoms. The van der Waals surface area contributed by atoms with Gasteiger partial charge in [0.2, 0.25) is 5.91 Å². The van der Waals surface area contributed by atoms with Gasteiger partial charge in [0.05, 0.1) is 40.3 Å². The second-order valence-electron chi connectivity index (χ2n) is 9.19. The highest BCUT2D eigenvalue weighted by atomic mass is 19.4. The Bertz CT molecular complexity index is 1480. The minimum absolute atomic E-state index is 0.00205. The maximum atomic E-state index is 13.8. The Kier molecular flexibility index (Phi) is 5.80. The summed E-state index contributed by atoms with van der Waals surface area (Å²) in [4.78, 5) is 17.4. The second-order valence-corrected chi connectivity index (χ2v) is 9.19. The third-order valence-corrected chi connectivity index (χ3v) is 6.36. The fraction of sp³-hybridized carbons (Fsp3) is 0.360. The number of rotatable bonds is 6. The van der Waals surface area contributed by atoms with Crippen LogP contribution in [0.15, 0.2) is 30.3 Å². The average Bonchev–Trinajstić information content (AvgIpc) is 3.56. The zero-order chi connectivity index (χ0) is 25.8. The summed E-state index contributed by atoms with van der Waals surface area (Å²) in [6.07, 6.45) is -2.97. The standard InChI is InChI=1S/C25H24F4N6O/c1-13-22-19(25(27,28)29)10-20(17-7-8-17)30-24(22)35(32-13)12-21(36)31-23-14(2)33-34(15(23)3)11-16-5-4-6-18(26)9-16/h4-6,9-10,17H,7-8,11-12H2,1-3H3,(H,31,36).